The van der Waals surface area contributed by atoms with E-state index in [-0.39, 0.29) is 11.8 Å². The van der Waals surface area contributed by atoms with E-state index in [2.05, 4.69) is 36.3 Å². The highest BCUT2D eigenvalue weighted by atomic mass is 79.9. The second-order valence-electron chi connectivity index (χ2n) is 7.26. The first-order chi connectivity index (χ1) is 14.6. The number of hydrogen-bond donors (Lipinski definition) is 1. The van der Waals surface area contributed by atoms with Gasteiger partial charge in [-0.2, -0.15) is 4.98 Å². The molecule has 6 nitrogen and oxygen atoms in total. The molecule has 8 heteroatoms. The molecule has 0 atom stereocenters. The Hall–Kier alpha value is -2.16. The van der Waals surface area contributed by atoms with Crippen molar-refractivity contribution >= 4 is 39.3 Å². The van der Waals surface area contributed by atoms with Crippen molar-refractivity contribution in [2.45, 2.75) is 24.3 Å². The molecule has 4 rings (SSSR count). The third-order valence-electron chi connectivity index (χ3n) is 5.25. The Balaban J connectivity index is 1.29. The van der Waals surface area contributed by atoms with Crippen LogP contribution in [0.2, 0.25) is 0 Å². The van der Waals surface area contributed by atoms with Crippen LogP contribution in [0.15, 0.2) is 62.4 Å². The lowest BCUT2D eigenvalue weighted by Gasteiger charge is -2.30. The number of likely N-dealkylation sites (tertiary alicyclic amines) is 1. The van der Waals surface area contributed by atoms with Crippen molar-refractivity contribution in [3.63, 3.8) is 0 Å². The third-order valence-corrected chi connectivity index (χ3v) is 6.58. The minimum Gasteiger partial charge on any atom is -0.338 e. The van der Waals surface area contributed by atoms with Crippen LogP contribution in [-0.4, -0.2) is 40.3 Å². The van der Waals surface area contributed by atoms with Crippen LogP contribution in [0.1, 0.15) is 18.7 Å². The number of piperidine rings is 1. The van der Waals surface area contributed by atoms with Crippen LogP contribution in [0.25, 0.3) is 11.4 Å². The van der Waals surface area contributed by atoms with Crippen LogP contribution in [-0.2, 0) is 11.3 Å². The fourth-order valence-electron chi connectivity index (χ4n) is 3.56. The van der Waals surface area contributed by atoms with Gasteiger partial charge in [0.05, 0.1) is 12.2 Å². The number of benzene rings is 2. The maximum atomic E-state index is 12.7. The van der Waals surface area contributed by atoms with E-state index in [0.29, 0.717) is 18.3 Å². The quantitative estimate of drug-likeness (QED) is 0.490. The first kappa shape index (κ1) is 21.1. The number of thioether (sulfide) groups is 1. The van der Waals surface area contributed by atoms with Crippen LogP contribution in [0.3, 0.4) is 0 Å². The number of rotatable bonds is 6. The highest BCUT2D eigenvalue weighted by Crippen LogP contribution is 2.27. The van der Waals surface area contributed by atoms with E-state index in [4.69, 9.17) is 4.52 Å². The predicted octanol–water partition coefficient (Wildman–Crippen LogP) is 5.07. The average Bonchev–Trinajstić information content (AvgIpc) is 3.23. The number of carbonyl (C=O) groups is 1. The Morgan fingerprint density at radius 3 is 2.67 bits per heavy atom. The summed E-state index contributed by atoms with van der Waals surface area (Å²) >= 11 is 5.07. The zero-order valence-corrected chi connectivity index (χ0v) is 19.1. The molecule has 1 aromatic heterocycles. The normalized spacial score (nSPS) is 15.3. The van der Waals surface area contributed by atoms with Crippen LogP contribution in [0, 0.1) is 5.92 Å². The number of anilines is 1. The molecule has 0 spiro atoms. The summed E-state index contributed by atoms with van der Waals surface area (Å²) in [6.07, 6.45) is 3.66. The van der Waals surface area contributed by atoms with Crippen LogP contribution >= 0.6 is 27.7 Å². The summed E-state index contributed by atoms with van der Waals surface area (Å²) in [4.78, 5) is 20.6. The lowest BCUT2D eigenvalue weighted by Crippen LogP contribution is -2.37. The van der Waals surface area contributed by atoms with Gasteiger partial charge in [0, 0.05) is 20.8 Å². The van der Waals surface area contributed by atoms with Gasteiger partial charge in [-0.3, -0.25) is 9.69 Å². The van der Waals surface area contributed by atoms with Crippen molar-refractivity contribution < 1.29 is 9.32 Å². The monoisotopic (exact) mass is 486 g/mol. The van der Waals surface area contributed by atoms with E-state index < -0.39 is 0 Å². The van der Waals surface area contributed by atoms with Crippen LogP contribution < -0.4 is 5.32 Å². The summed E-state index contributed by atoms with van der Waals surface area (Å²) in [5.41, 5.74) is 1.82. The maximum absolute atomic E-state index is 12.7. The van der Waals surface area contributed by atoms with E-state index in [1.165, 1.54) is 0 Å². The Kier molecular flexibility index (Phi) is 6.86. The molecule has 0 saturated carbocycles. The Morgan fingerprint density at radius 2 is 1.93 bits per heavy atom. The molecule has 0 aliphatic carbocycles. The number of carbonyl (C=O) groups excluding carboxylic acids is 1. The van der Waals surface area contributed by atoms with Gasteiger partial charge in [-0.1, -0.05) is 33.2 Å². The molecule has 1 aliphatic heterocycles. The van der Waals surface area contributed by atoms with Gasteiger partial charge in [-0.15, -0.1) is 11.8 Å². The Bertz CT molecular complexity index is 1000. The summed E-state index contributed by atoms with van der Waals surface area (Å²) in [6.45, 7) is 2.27. The Labute approximate surface area is 188 Å². The van der Waals surface area contributed by atoms with E-state index in [1.54, 1.807) is 11.8 Å². The summed E-state index contributed by atoms with van der Waals surface area (Å²) < 4.78 is 6.45. The van der Waals surface area contributed by atoms with Gasteiger partial charge < -0.3 is 9.84 Å². The first-order valence-electron chi connectivity index (χ1n) is 9.87. The second kappa shape index (κ2) is 9.76. The van der Waals surface area contributed by atoms with E-state index in [9.17, 15) is 4.79 Å². The van der Waals surface area contributed by atoms with Gasteiger partial charge in [0.2, 0.25) is 17.6 Å². The van der Waals surface area contributed by atoms with Crippen molar-refractivity contribution in [2.75, 3.05) is 24.7 Å². The van der Waals surface area contributed by atoms with E-state index >= 15 is 0 Å². The largest absolute Gasteiger partial charge is 0.338 e. The van der Waals surface area contributed by atoms with Gasteiger partial charge in [0.15, 0.2) is 0 Å². The number of nitrogens with zero attached hydrogens (tertiary/aromatic N) is 3. The highest BCUT2D eigenvalue weighted by Gasteiger charge is 2.26. The molecule has 0 radical (unpaired) electrons. The molecule has 0 bridgehead atoms. The van der Waals surface area contributed by atoms with E-state index in [0.717, 1.165) is 46.6 Å². The van der Waals surface area contributed by atoms with Crippen molar-refractivity contribution in [1.29, 1.82) is 0 Å². The number of nitrogens with one attached hydrogen (secondary N) is 1. The van der Waals surface area contributed by atoms with E-state index in [1.807, 2.05) is 54.8 Å². The summed E-state index contributed by atoms with van der Waals surface area (Å²) in [7, 11) is 0. The molecule has 1 amide bonds. The zero-order chi connectivity index (χ0) is 20.9. The molecule has 1 saturated heterocycles. The molecule has 1 fully saturated rings. The third kappa shape index (κ3) is 5.11. The number of halogens is 1. The minimum absolute atomic E-state index is 0.0252. The zero-order valence-electron chi connectivity index (χ0n) is 16.7. The number of aromatic nitrogens is 2. The maximum Gasteiger partial charge on any atom is 0.241 e. The van der Waals surface area contributed by atoms with Gasteiger partial charge in [-0.25, -0.2) is 0 Å². The van der Waals surface area contributed by atoms with Crippen molar-refractivity contribution in [1.82, 2.24) is 15.0 Å². The fourth-order valence-corrected chi connectivity index (χ4v) is 4.38. The van der Waals surface area contributed by atoms with Gasteiger partial charge in [0.25, 0.3) is 0 Å². The lowest BCUT2D eigenvalue weighted by molar-refractivity contribution is -0.121. The predicted molar refractivity (Wildman–Crippen MR) is 122 cm³/mol. The molecule has 3 aromatic rings. The average molecular weight is 487 g/mol. The topological polar surface area (TPSA) is 71.3 Å². The standard InChI is InChI=1S/C22H23BrN4O2S/c1-30-19-5-3-2-4-18(19)24-22(28)16-10-12-27(13-11-16)14-20-25-21(26-29-20)15-6-8-17(23)9-7-15/h2-9,16H,10-14H2,1H3,(H,24,28). The van der Waals surface area contributed by atoms with Gasteiger partial charge in [-0.05, 0) is 68.6 Å². The smallest absolute Gasteiger partial charge is 0.241 e. The molecular weight excluding hydrogens is 464 g/mol. The lowest BCUT2D eigenvalue weighted by atomic mass is 9.96. The summed E-state index contributed by atoms with van der Waals surface area (Å²) in [6, 6.07) is 15.7. The van der Waals surface area contributed by atoms with Crippen LogP contribution in [0.4, 0.5) is 5.69 Å². The molecule has 0 unspecified atom stereocenters. The molecule has 2 aromatic carbocycles. The molecule has 156 valence electrons. The number of amides is 1. The number of para-hydroxylation sites is 1. The van der Waals surface area contributed by atoms with Crippen molar-refractivity contribution in [2.24, 2.45) is 5.92 Å². The molecule has 2 heterocycles. The Morgan fingerprint density at radius 1 is 1.20 bits per heavy atom. The SMILES string of the molecule is CSc1ccccc1NC(=O)C1CCN(Cc2nc(-c3ccc(Br)cc3)no2)CC1. The first-order valence-corrected chi connectivity index (χ1v) is 11.9. The fraction of sp³-hybridized carbons (Fsp3) is 0.318. The van der Waals surface area contributed by atoms with Gasteiger partial charge >= 0.3 is 0 Å². The molecular formula is C22H23BrN4O2S. The summed E-state index contributed by atoms with van der Waals surface area (Å²) in [5.74, 6) is 1.33. The minimum atomic E-state index is 0.0252. The number of hydrogen-bond acceptors (Lipinski definition) is 6. The van der Waals surface area contributed by atoms with Crippen molar-refractivity contribution in [3.05, 3.63) is 58.9 Å². The molecule has 1 aliphatic rings. The van der Waals surface area contributed by atoms with Crippen molar-refractivity contribution in [3.8, 4) is 11.4 Å². The summed E-state index contributed by atoms with van der Waals surface area (Å²) in [5, 5.41) is 7.19. The second-order valence-corrected chi connectivity index (χ2v) is 9.02. The van der Waals surface area contributed by atoms with Gasteiger partial charge in [0.1, 0.15) is 0 Å². The van der Waals surface area contributed by atoms with Crippen LogP contribution in [0.5, 0.6) is 0 Å². The molecule has 1 N–H and O–H groups in total. The highest BCUT2D eigenvalue weighted by molar-refractivity contribution is 9.10. The molecule has 30 heavy (non-hydrogen) atoms.